The average molecular weight is 299 g/mol. The number of aryl methyl sites for hydroxylation is 2. The molecule has 2 aromatic carbocycles. The second-order valence-corrected chi connectivity index (χ2v) is 5.17. The molecule has 22 heavy (non-hydrogen) atoms. The van der Waals surface area contributed by atoms with E-state index in [-0.39, 0.29) is 12.3 Å². The molecule has 0 aliphatic carbocycles. The zero-order valence-electron chi connectivity index (χ0n) is 13.1. The van der Waals surface area contributed by atoms with Crippen LogP contribution in [0.5, 0.6) is 11.5 Å². The highest BCUT2D eigenvalue weighted by atomic mass is 16.5. The number of nitrogens with two attached hydrogens (primary N) is 1. The van der Waals surface area contributed by atoms with Gasteiger partial charge in [0.2, 0.25) is 0 Å². The van der Waals surface area contributed by atoms with Gasteiger partial charge < -0.3 is 20.9 Å². The summed E-state index contributed by atoms with van der Waals surface area (Å²) in [5, 5.41) is 13.1. The van der Waals surface area contributed by atoms with E-state index in [0.29, 0.717) is 17.3 Å². The van der Waals surface area contributed by atoms with Crippen LogP contribution in [-0.4, -0.2) is 18.2 Å². The first-order chi connectivity index (χ1) is 10.5. The van der Waals surface area contributed by atoms with Crippen LogP contribution in [0.15, 0.2) is 41.4 Å². The van der Waals surface area contributed by atoms with Gasteiger partial charge in [0, 0.05) is 11.3 Å². The second kappa shape index (κ2) is 6.85. The Morgan fingerprint density at radius 1 is 1.23 bits per heavy atom. The number of anilines is 1. The Kier molecular flexibility index (Phi) is 4.88. The van der Waals surface area contributed by atoms with E-state index in [1.54, 1.807) is 18.2 Å². The molecule has 2 rings (SSSR count). The van der Waals surface area contributed by atoms with E-state index in [0.717, 1.165) is 16.8 Å². The summed E-state index contributed by atoms with van der Waals surface area (Å²) < 4.78 is 5.07. The predicted octanol–water partition coefficient (Wildman–Crippen LogP) is 2.94. The molecule has 0 aromatic heterocycles. The number of methoxy groups -OCH3 is 1. The molecule has 0 radical (unpaired) electrons. The van der Waals surface area contributed by atoms with E-state index in [1.807, 2.05) is 26.0 Å². The minimum atomic E-state index is 0.0907. The van der Waals surface area contributed by atoms with E-state index in [4.69, 9.17) is 10.5 Å². The van der Waals surface area contributed by atoms with Crippen molar-refractivity contribution in [2.75, 3.05) is 12.4 Å². The first-order valence-electron chi connectivity index (χ1n) is 6.99. The molecule has 2 aromatic rings. The fourth-order valence-electron chi connectivity index (χ4n) is 2.26. The lowest BCUT2D eigenvalue weighted by Gasteiger charge is -2.09. The monoisotopic (exact) mass is 299 g/mol. The Bertz CT molecular complexity index is 676. The Morgan fingerprint density at radius 2 is 1.91 bits per heavy atom. The summed E-state index contributed by atoms with van der Waals surface area (Å²) in [5.74, 6) is 0.814. The van der Waals surface area contributed by atoms with Crippen molar-refractivity contribution in [1.29, 1.82) is 0 Å². The van der Waals surface area contributed by atoms with E-state index in [9.17, 15) is 5.11 Å². The molecule has 5 nitrogen and oxygen atoms in total. The molecule has 116 valence electrons. The van der Waals surface area contributed by atoms with E-state index in [1.165, 1.54) is 7.11 Å². The van der Waals surface area contributed by atoms with Crippen LogP contribution in [0.1, 0.15) is 16.7 Å². The van der Waals surface area contributed by atoms with Crippen LogP contribution >= 0.6 is 0 Å². The SMILES string of the molecule is COc1cccc(CN=C(N)Nc2cc(C)cc(C)c2)c1O. The van der Waals surface area contributed by atoms with Crippen molar-refractivity contribution in [2.45, 2.75) is 20.4 Å². The topological polar surface area (TPSA) is 79.9 Å². The maximum Gasteiger partial charge on any atom is 0.193 e. The lowest BCUT2D eigenvalue weighted by atomic mass is 10.1. The quantitative estimate of drug-likeness (QED) is 0.599. The van der Waals surface area contributed by atoms with Crippen molar-refractivity contribution in [3.05, 3.63) is 53.1 Å². The van der Waals surface area contributed by atoms with Gasteiger partial charge in [-0.25, -0.2) is 4.99 Å². The summed E-state index contributed by atoms with van der Waals surface area (Å²) in [6, 6.07) is 11.4. The third-order valence-corrected chi connectivity index (χ3v) is 3.22. The summed E-state index contributed by atoms with van der Waals surface area (Å²) >= 11 is 0. The van der Waals surface area contributed by atoms with Gasteiger partial charge in [-0.1, -0.05) is 18.2 Å². The highest BCUT2D eigenvalue weighted by Crippen LogP contribution is 2.29. The van der Waals surface area contributed by atoms with Gasteiger partial charge in [-0.3, -0.25) is 0 Å². The number of nitrogens with zero attached hydrogens (tertiary/aromatic N) is 1. The van der Waals surface area contributed by atoms with Gasteiger partial charge >= 0.3 is 0 Å². The van der Waals surface area contributed by atoms with Crippen molar-refractivity contribution in [1.82, 2.24) is 0 Å². The molecule has 0 amide bonds. The number of benzene rings is 2. The molecule has 4 N–H and O–H groups in total. The first kappa shape index (κ1) is 15.7. The number of hydrogen-bond donors (Lipinski definition) is 3. The number of aliphatic imine (C=N–C) groups is 1. The Balaban J connectivity index is 2.10. The average Bonchev–Trinajstić information content (AvgIpc) is 2.45. The number of phenolic OH excluding ortho intramolecular Hbond substituents is 1. The van der Waals surface area contributed by atoms with Crippen LogP contribution in [0.3, 0.4) is 0 Å². The molecular formula is C17H21N3O2. The Labute approximate surface area is 130 Å². The fourth-order valence-corrected chi connectivity index (χ4v) is 2.26. The minimum Gasteiger partial charge on any atom is -0.504 e. The molecule has 0 atom stereocenters. The molecule has 0 saturated heterocycles. The maximum absolute atomic E-state index is 10.0. The van der Waals surface area contributed by atoms with Gasteiger partial charge in [0.1, 0.15) is 0 Å². The summed E-state index contributed by atoms with van der Waals surface area (Å²) in [6.45, 7) is 4.33. The molecule has 0 saturated carbocycles. The Hall–Kier alpha value is -2.69. The number of ether oxygens (including phenoxy) is 1. The molecule has 0 spiro atoms. The highest BCUT2D eigenvalue weighted by Gasteiger charge is 2.06. The molecule has 5 heteroatoms. The number of aromatic hydroxyl groups is 1. The molecule has 0 bridgehead atoms. The zero-order valence-corrected chi connectivity index (χ0v) is 13.1. The van der Waals surface area contributed by atoms with Gasteiger partial charge in [-0.2, -0.15) is 0 Å². The molecule has 0 fully saturated rings. The number of rotatable bonds is 4. The molecule has 0 aliphatic heterocycles. The number of nitrogens with one attached hydrogen (secondary N) is 1. The number of para-hydroxylation sites is 1. The van der Waals surface area contributed by atoms with Crippen LogP contribution in [0.25, 0.3) is 0 Å². The summed E-state index contributed by atoms with van der Waals surface area (Å²) in [4.78, 5) is 4.25. The second-order valence-electron chi connectivity index (χ2n) is 5.17. The van der Waals surface area contributed by atoms with E-state index >= 15 is 0 Å². The van der Waals surface area contributed by atoms with Gasteiger partial charge in [-0.05, 0) is 43.2 Å². The maximum atomic E-state index is 10.0. The summed E-state index contributed by atoms with van der Waals surface area (Å²) in [6.07, 6.45) is 0. The van der Waals surface area contributed by atoms with Gasteiger partial charge in [-0.15, -0.1) is 0 Å². The largest absolute Gasteiger partial charge is 0.504 e. The summed E-state index contributed by atoms with van der Waals surface area (Å²) in [5.41, 5.74) is 9.76. The van der Waals surface area contributed by atoms with Crippen LogP contribution < -0.4 is 15.8 Å². The lowest BCUT2D eigenvalue weighted by molar-refractivity contribution is 0.370. The third-order valence-electron chi connectivity index (χ3n) is 3.22. The van der Waals surface area contributed by atoms with Crippen LogP contribution in [0.4, 0.5) is 5.69 Å². The standard InChI is InChI=1S/C17H21N3O2/c1-11-7-12(2)9-14(8-11)20-17(18)19-10-13-5-4-6-15(22-3)16(13)21/h4-9,21H,10H2,1-3H3,(H3,18,19,20). The van der Waals surface area contributed by atoms with Crippen molar-refractivity contribution < 1.29 is 9.84 Å². The molecule has 0 heterocycles. The van der Waals surface area contributed by atoms with Crippen LogP contribution in [-0.2, 0) is 6.54 Å². The van der Waals surface area contributed by atoms with Crippen molar-refractivity contribution in [3.63, 3.8) is 0 Å². The number of guanidine groups is 1. The van der Waals surface area contributed by atoms with Gasteiger partial charge in [0.25, 0.3) is 0 Å². The van der Waals surface area contributed by atoms with Gasteiger partial charge in [0.15, 0.2) is 17.5 Å². The lowest BCUT2D eigenvalue weighted by Crippen LogP contribution is -2.22. The van der Waals surface area contributed by atoms with E-state index in [2.05, 4.69) is 16.4 Å². The smallest absolute Gasteiger partial charge is 0.193 e. The minimum absolute atomic E-state index is 0.0907. The molecular weight excluding hydrogens is 278 g/mol. The van der Waals surface area contributed by atoms with Crippen molar-refractivity contribution in [3.8, 4) is 11.5 Å². The Morgan fingerprint density at radius 3 is 2.55 bits per heavy atom. The van der Waals surface area contributed by atoms with Crippen LogP contribution in [0.2, 0.25) is 0 Å². The number of hydrogen-bond acceptors (Lipinski definition) is 3. The van der Waals surface area contributed by atoms with Crippen LogP contribution in [0, 0.1) is 13.8 Å². The third kappa shape index (κ3) is 3.91. The molecule has 0 unspecified atom stereocenters. The zero-order chi connectivity index (χ0) is 16.1. The fraction of sp³-hybridized carbons (Fsp3) is 0.235. The summed E-state index contributed by atoms with van der Waals surface area (Å²) in [7, 11) is 1.51. The first-order valence-corrected chi connectivity index (χ1v) is 6.99. The normalized spacial score (nSPS) is 11.3. The highest BCUT2D eigenvalue weighted by molar-refractivity contribution is 5.92. The predicted molar refractivity (Wildman–Crippen MR) is 89.5 cm³/mol. The van der Waals surface area contributed by atoms with Crippen molar-refractivity contribution in [2.24, 2.45) is 10.7 Å². The van der Waals surface area contributed by atoms with Crippen molar-refractivity contribution >= 4 is 11.6 Å². The molecule has 0 aliphatic rings. The number of phenols is 1. The van der Waals surface area contributed by atoms with E-state index < -0.39 is 0 Å². The van der Waals surface area contributed by atoms with Gasteiger partial charge in [0.05, 0.1) is 13.7 Å².